The fourth-order valence-corrected chi connectivity index (χ4v) is 2.06. The Hall–Kier alpha value is -1.16. The molecule has 0 bridgehead atoms. The summed E-state index contributed by atoms with van der Waals surface area (Å²) in [7, 11) is 0. The molecule has 0 saturated carbocycles. The minimum absolute atomic E-state index is 0.101. The monoisotopic (exact) mass is 227 g/mol. The number of halogens is 2. The molecule has 0 aromatic heterocycles. The van der Waals surface area contributed by atoms with Crippen LogP contribution in [0.4, 0.5) is 8.78 Å². The zero-order valence-corrected chi connectivity index (χ0v) is 8.92. The number of nitrogens with one attached hydrogen (secondary N) is 1. The topological polar surface area (TPSA) is 32.3 Å². The molecule has 16 heavy (non-hydrogen) atoms. The van der Waals surface area contributed by atoms with Gasteiger partial charge in [0.15, 0.2) is 0 Å². The summed E-state index contributed by atoms with van der Waals surface area (Å²) in [5.74, 6) is -3.26. The Morgan fingerprint density at radius 1 is 1.38 bits per heavy atom. The van der Waals surface area contributed by atoms with Gasteiger partial charge in [0.25, 0.3) is 5.92 Å². The van der Waals surface area contributed by atoms with Crippen molar-refractivity contribution < 1.29 is 13.9 Å². The smallest absolute Gasteiger partial charge is 0.253 e. The van der Waals surface area contributed by atoms with Gasteiger partial charge in [0.05, 0.1) is 0 Å². The first-order chi connectivity index (χ1) is 7.59. The Bertz CT molecular complexity index is 368. The van der Waals surface area contributed by atoms with Crippen LogP contribution in [0.5, 0.6) is 5.75 Å². The van der Waals surface area contributed by atoms with E-state index in [-0.39, 0.29) is 18.6 Å². The van der Waals surface area contributed by atoms with E-state index in [1.807, 2.05) is 0 Å². The molecule has 4 heteroatoms. The molecule has 1 aromatic rings. The first kappa shape index (κ1) is 11.3. The van der Waals surface area contributed by atoms with Gasteiger partial charge in [0.2, 0.25) is 0 Å². The van der Waals surface area contributed by atoms with E-state index in [9.17, 15) is 13.9 Å². The third-order valence-electron chi connectivity index (χ3n) is 3.08. The van der Waals surface area contributed by atoms with Crippen molar-refractivity contribution >= 4 is 0 Å². The van der Waals surface area contributed by atoms with Crippen molar-refractivity contribution in [2.24, 2.45) is 5.92 Å². The van der Waals surface area contributed by atoms with E-state index in [0.29, 0.717) is 18.7 Å². The minimum atomic E-state index is -2.63. The summed E-state index contributed by atoms with van der Waals surface area (Å²) in [5, 5.41) is 12.5. The molecule has 1 fully saturated rings. The van der Waals surface area contributed by atoms with E-state index in [0.717, 1.165) is 0 Å². The number of phenolic OH excluding ortho intramolecular Hbond substituents is 1. The van der Waals surface area contributed by atoms with Gasteiger partial charge in [-0.25, -0.2) is 8.78 Å². The highest BCUT2D eigenvalue weighted by molar-refractivity contribution is 5.32. The standard InChI is InChI=1S/C12H15F2NO/c13-12(14)5-6-15-8-10(12)7-9-3-1-2-4-11(9)16/h1-4,10,15-16H,5-8H2. The van der Waals surface area contributed by atoms with Crippen molar-refractivity contribution in [3.05, 3.63) is 29.8 Å². The van der Waals surface area contributed by atoms with E-state index >= 15 is 0 Å². The molecule has 2 nitrogen and oxygen atoms in total. The van der Waals surface area contributed by atoms with Crippen molar-refractivity contribution in [1.82, 2.24) is 5.32 Å². The lowest BCUT2D eigenvalue weighted by molar-refractivity contribution is -0.0777. The highest BCUT2D eigenvalue weighted by atomic mass is 19.3. The quantitative estimate of drug-likeness (QED) is 0.811. The van der Waals surface area contributed by atoms with Crippen LogP contribution in [0.2, 0.25) is 0 Å². The molecule has 1 atom stereocenters. The van der Waals surface area contributed by atoms with Crippen LogP contribution >= 0.6 is 0 Å². The molecule has 0 radical (unpaired) electrons. The molecule has 1 unspecified atom stereocenters. The van der Waals surface area contributed by atoms with Crippen LogP contribution in [-0.4, -0.2) is 24.1 Å². The molecule has 2 rings (SSSR count). The van der Waals surface area contributed by atoms with Gasteiger partial charge in [-0.05, 0) is 18.1 Å². The fraction of sp³-hybridized carbons (Fsp3) is 0.500. The second kappa shape index (κ2) is 4.37. The van der Waals surface area contributed by atoms with Gasteiger partial charge >= 0.3 is 0 Å². The molecule has 1 aliphatic rings. The zero-order chi connectivity index (χ0) is 11.6. The predicted octanol–water partition coefficient (Wildman–Crippen LogP) is 2.18. The number of para-hydroxylation sites is 1. The molecule has 88 valence electrons. The third-order valence-corrected chi connectivity index (χ3v) is 3.08. The maximum absolute atomic E-state index is 13.6. The van der Waals surface area contributed by atoms with Gasteiger partial charge in [-0.3, -0.25) is 0 Å². The number of alkyl halides is 2. The van der Waals surface area contributed by atoms with Crippen LogP contribution in [0.15, 0.2) is 24.3 Å². The average Bonchev–Trinajstić information content (AvgIpc) is 2.24. The summed E-state index contributed by atoms with van der Waals surface area (Å²) in [5.41, 5.74) is 0.593. The second-order valence-electron chi connectivity index (χ2n) is 4.24. The Balaban J connectivity index is 2.12. The van der Waals surface area contributed by atoms with E-state index < -0.39 is 11.8 Å². The summed E-state index contributed by atoms with van der Waals surface area (Å²) in [4.78, 5) is 0. The molecule has 0 amide bonds. The van der Waals surface area contributed by atoms with Crippen LogP contribution in [0.3, 0.4) is 0 Å². The van der Waals surface area contributed by atoms with Crippen molar-refractivity contribution in [2.45, 2.75) is 18.8 Å². The third kappa shape index (κ3) is 2.32. The first-order valence-corrected chi connectivity index (χ1v) is 5.45. The molecular weight excluding hydrogens is 212 g/mol. The van der Waals surface area contributed by atoms with Gasteiger partial charge < -0.3 is 10.4 Å². The normalized spacial score (nSPS) is 24.2. The van der Waals surface area contributed by atoms with Gasteiger partial charge in [0.1, 0.15) is 5.75 Å². The maximum Gasteiger partial charge on any atom is 0.253 e. The van der Waals surface area contributed by atoms with Crippen molar-refractivity contribution in [3.8, 4) is 5.75 Å². The summed E-state index contributed by atoms with van der Waals surface area (Å²) in [6.45, 7) is 0.672. The predicted molar refractivity (Wildman–Crippen MR) is 57.7 cm³/mol. The number of hydrogen-bond acceptors (Lipinski definition) is 2. The van der Waals surface area contributed by atoms with Gasteiger partial charge in [-0.15, -0.1) is 0 Å². The van der Waals surface area contributed by atoms with E-state index in [1.165, 1.54) is 6.07 Å². The van der Waals surface area contributed by atoms with Crippen LogP contribution in [0.25, 0.3) is 0 Å². The summed E-state index contributed by atoms with van der Waals surface area (Å²) in [6.07, 6.45) is 0.0952. The number of benzene rings is 1. The lowest BCUT2D eigenvalue weighted by Gasteiger charge is -2.32. The highest BCUT2D eigenvalue weighted by Gasteiger charge is 2.41. The molecule has 0 spiro atoms. The van der Waals surface area contributed by atoms with E-state index in [1.54, 1.807) is 18.2 Å². The van der Waals surface area contributed by atoms with Gasteiger partial charge in [-0.1, -0.05) is 18.2 Å². The Labute approximate surface area is 93.3 Å². The Kier molecular flexibility index (Phi) is 3.10. The fourth-order valence-electron chi connectivity index (χ4n) is 2.06. The van der Waals surface area contributed by atoms with Crippen LogP contribution in [0, 0.1) is 5.92 Å². The van der Waals surface area contributed by atoms with Crippen molar-refractivity contribution in [1.29, 1.82) is 0 Å². The number of rotatable bonds is 2. The van der Waals surface area contributed by atoms with Crippen LogP contribution in [-0.2, 0) is 6.42 Å². The van der Waals surface area contributed by atoms with Crippen molar-refractivity contribution in [3.63, 3.8) is 0 Å². The minimum Gasteiger partial charge on any atom is -0.508 e. The number of phenols is 1. The zero-order valence-electron chi connectivity index (χ0n) is 8.92. The lowest BCUT2D eigenvalue weighted by Crippen LogP contribution is -2.45. The number of hydrogen-bond donors (Lipinski definition) is 2. The van der Waals surface area contributed by atoms with E-state index in [2.05, 4.69) is 5.32 Å². The van der Waals surface area contributed by atoms with E-state index in [4.69, 9.17) is 0 Å². The van der Waals surface area contributed by atoms with Gasteiger partial charge in [0, 0.05) is 25.4 Å². The summed E-state index contributed by atoms with van der Waals surface area (Å²) < 4.78 is 27.1. The summed E-state index contributed by atoms with van der Waals surface area (Å²) >= 11 is 0. The molecule has 1 saturated heterocycles. The molecule has 0 aliphatic carbocycles. The Morgan fingerprint density at radius 2 is 2.12 bits per heavy atom. The first-order valence-electron chi connectivity index (χ1n) is 5.45. The SMILES string of the molecule is Oc1ccccc1CC1CNCCC1(F)F. The number of aromatic hydroxyl groups is 1. The maximum atomic E-state index is 13.6. The largest absolute Gasteiger partial charge is 0.508 e. The second-order valence-corrected chi connectivity index (χ2v) is 4.24. The highest BCUT2D eigenvalue weighted by Crippen LogP contribution is 2.34. The van der Waals surface area contributed by atoms with Crippen molar-refractivity contribution in [2.75, 3.05) is 13.1 Å². The number of piperidine rings is 1. The molecule has 2 N–H and O–H groups in total. The molecule has 1 heterocycles. The average molecular weight is 227 g/mol. The Morgan fingerprint density at radius 3 is 2.81 bits per heavy atom. The molecule has 1 aromatic carbocycles. The van der Waals surface area contributed by atoms with Crippen LogP contribution < -0.4 is 5.32 Å². The van der Waals surface area contributed by atoms with Gasteiger partial charge in [-0.2, -0.15) is 0 Å². The lowest BCUT2D eigenvalue weighted by atomic mass is 9.88. The molecular formula is C12H15F2NO. The summed E-state index contributed by atoms with van der Waals surface area (Å²) in [6, 6.07) is 6.67. The molecule has 1 aliphatic heterocycles. The van der Waals surface area contributed by atoms with Crippen LogP contribution in [0.1, 0.15) is 12.0 Å².